The summed E-state index contributed by atoms with van der Waals surface area (Å²) in [5, 5.41) is 17.9. The van der Waals surface area contributed by atoms with Gasteiger partial charge < -0.3 is 20.1 Å². The first-order chi connectivity index (χ1) is 15.4. The summed E-state index contributed by atoms with van der Waals surface area (Å²) >= 11 is 6.71. The minimum atomic E-state index is -0.517. The first-order valence-corrected chi connectivity index (χ1v) is 10.9. The molecule has 0 bridgehead atoms. The molecule has 1 aromatic heterocycles. The van der Waals surface area contributed by atoms with Crippen LogP contribution in [-0.2, 0) is 11.2 Å². The summed E-state index contributed by atoms with van der Waals surface area (Å²) in [5.74, 6) is -0.113. The van der Waals surface area contributed by atoms with Crippen molar-refractivity contribution in [3.63, 3.8) is 0 Å². The van der Waals surface area contributed by atoms with Gasteiger partial charge >= 0.3 is 5.97 Å². The summed E-state index contributed by atoms with van der Waals surface area (Å²) in [6.07, 6.45) is 0.641. The number of hydrogen-bond donors (Lipinski definition) is 2. The summed E-state index contributed by atoms with van der Waals surface area (Å²) < 4.78 is 10.2. The van der Waals surface area contributed by atoms with Crippen molar-refractivity contribution >= 4 is 51.0 Å². The maximum atomic E-state index is 12.3. The van der Waals surface area contributed by atoms with Crippen molar-refractivity contribution in [2.45, 2.75) is 13.3 Å². The smallest absolute Gasteiger partial charge is 0.340 e. The number of carbonyl (C=O) groups is 1. The van der Waals surface area contributed by atoms with Gasteiger partial charge in [-0.3, -0.25) is 10.1 Å². The molecule has 32 heavy (non-hydrogen) atoms. The van der Waals surface area contributed by atoms with Crippen LogP contribution >= 0.6 is 23.6 Å². The molecule has 10 heteroatoms. The molecule has 0 spiro atoms. The second-order valence-corrected chi connectivity index (χ2v) is 8.10. The number of nitro groups is 1. The van der Waals surface area contributed by atoms with Crippen molar-refractivity contribution in [1.82, 2.24) is 0 Å². The molecular formula is C22H21N3O5S2. The highest BCUT2D eigenvalue weighted by Gasteiger charge is 2.20. The average molecular weight is 472 g/mol. The molecule has 8 nitrogen and oxygen atoms in total. The van der Waals surface area contributed by atoms with E-state index in [1.54, 1.807) is 19.1 Å². The minimum Gasteiger partial charge on any atom is -0.494 e. The molecule has 0 unspecified atom stereocenters. The van der Waals surface area contributed by atoms with E-state index in [1.807, 2.05) is 30.3 Å². The number of ether oxygens (including phenoxy) is 2. The molecule has 3 rings (SSSR count). The number of carbonyl (C=O) groups excluding carboxylic acids is 1. The lowest BCUT2D eigenvalue weighted by molar-refractivity contribution is -0.384. The van der Waals surface area contributed by atoms with Gasteiger partial charge in [-0.1, -0.05) is 30.3 Å². The highest BCUT2D eigenvalue weighted by atomic mass is 32.1. The van der Waals surface area contributed by atoms with Crippen molar-refractivity contribution in [3.8, 4) is 5.75 Å². The van der Waals surface area contributed by atoms with Crippen LogP contribution in [0.3, 0.4) is 0 Å². The topological polar surface area (TPSA) is 103 Å². The van der Waals surface area contributed by atoms with Gasteiger partial charge in [-0.2, -0.15) is 0 Å². The zero-order valence-corrected chi connectivity index (χ0v) is 19.0. The van der Waals surface area contributed by atoms with E-state index in [1.165, 1.54) is 30.6 Å². The van der Waals surface area contributed by atoms with Crippen molar-refractivity contribution in [2.75, 3.05) is 24.4 Å². The van der Waals surface area contributed by atoms with Crippen LogP contribution in [0, 0.1) is 10.1 Å². The van der Waals surface area contributed by atoms with Crippen molar-refractivity contribution in [2.24, 2.45) is 0 Å². The number of benzene rings is 2. The molecule has 166 valence electrons. The van der Waals surface area contributed by atoms with E-state index in [2.05, 4.69) is 10.6 Å². The first kappa shape index (κ1) is 23.2. The fraction of sp³-hybridized carbons (Fsp3) is 0.182. The monoisotopic (exact) mass is 471 g/mol. The zero-order valence-electron chi connectivity index (χ0n) is 17.4. The van der Waals surface area contributed by atoms with Crippen molar-refractivity contribution < 1.29 is 19.2 Å². The molecule has 1 heterocycles. The Bertz CT molecular complexity index is 1130. The molecule has 0 aliphatic heterocycles. The molecule has 0 atom stereocenters. The Morgan fingerprint density at radius 2 is 1.91 bits per heavy atom. The number of nitro benzene ring substituents is 1. The number of methoxy groups -OCH3 is 1. The molecule has 3 aromatic rings. The fourth-order valence-corrected chi connectivity index (χ4v) is 4.32. The zero-order chi connectivity index (χ0) is 23.1. The van der Waals surface area contributed by atoms with Crippen LogP contribution in [0.4, 0.5) is 16.4 Å². The van der Waals surface area contributed by atoms with Gasteiger partial charge in [0.05, 0.1) is 30.3 Å². The predicted octanol–water partition coefficient (Wildman–Crippen LogP) is 5.24. The van der Waals surface area contributed by atoms with E-state index in [-0.39, 0.29) is 16.5 Å². The maximum absolute atomic E-state index is 12.3. The van der Waals surface area contributed by atoms with E-state index in [4.69, 9.17) is 21.7 Å². The summed E-state index contributed by atoms with van der Waals surface area (Å²) in [5.41, 5.74) is 1.47. The molecule has 0 fully saturated rings. The third-order valence-corrected chi connectivity index (χ3v) is 5.62. The van der Waals surface area contributed by atoms with Crippen LogP contribution < -0.4 is 15.4 Å². The Morgan fingerprint density at radius 3 is 2.56 bits per heavy atom. The van der Waals surface area contributed by atoms with Gasteiger partial charge in [0.2, 0.25) is 0 Å². The standard InChI is InChI=1S/C22H21N3O5S2/c1-3-30-15-9-10-18(19(12-15)25(27)28)23-22(31)24-20-17(21(26)29-2)13-16(32-20)11-14-7-5-4-6-8-14/h4-10,12-13H,3,11H2,1-2H3,(H2,23,24,31). The van der Waals surface area contributed by atoms with E-state index in [9.17, 15) is 14.9 Å². The minimum absolute atomic E-state index is 0.107. The summed E-state index contributed by atoms with van der Waals surface area (Å²) in [7, 11) is 1.31. The SMILES string of the molecule is CCOc1ccc(NC(=S)Nc2sc(Cc3ccccc3)cc2C(=O)OC)c([N+](=O)[O-])c1. The van der Waals surface area contributed by atoms with Crippen molar-refractivity contribution in [1.29, 1.82) is 0 Å². The fourth-order valence-electron chi connectivity index (χ4n) is 2.96. The van der Waals surface area contributed by atoms with Gasteiger partial charge in [0, 0.05) is 11.3 Å². The maximum Gasteiger partial charge on any atom is 0.340 e. The average Bonchev–Trinajstić information content (AvgIpc) is 3.16. The van der Waals surface area contributed by atoms with Gasteiger partial charge in [0.1, 0.15) is 16.4 Å². The second kappa shape index (κ2) is 10.7. The summed E-state index contributed by atoms with van der Waals surface area (Å²) in [6, 6.07) is 16.1. The number of thiocarbonyl (C=S) groups is 1. The third-order valence-electron chi connectivity index (χ3n) is 4.36. The van der Waals surface area contributed by atoms with Crippen LogP contribution in [0.15, 0.2) is 54.6 Å². The van der Waals surface area contributed by atoms with Crippen LogP contribution in [0.5, 0.6) is 5.75 Å². The Labute approximate surface area is 194 Å². The van der Waals surface area contributed by atoms with Crippen LogP contribution in [0.2, 0.25) is 0 Å². The highest BCUT2D eigenvalue weighted by Crippen LogP contribution is 2.32. The molecular weight excluding hydrogens is 450 g/mol. The van der Waals surface area contributed by atoms with E-state index >= 15 is 0 Å². The lowest BCUT2D eigenvalue weighted by Gasteiger charge is -2.11. The number of hydrogen-bond acceptors (Lipinski definition) is 7. The number of anilines is 2. The molecule has 0 radical (unpaired) electrons. The number of nitrogens with one attached hydrogen (secondary N) is 2. The van der Waals surface area contributed by atoms with E-state index in [0.717, 1.165) is 10.4 Å². The van der Waals surface area contributed by atoms with E-state index < -0.39 is 10.9 Å². The Kier molecular flexibility index (Phi) is 7.74. The number of nitrogens with zero attached hydrogens (tertiary/aromatic N) is 1. The number of esters is 1. The van der Waals surface area contributed by atoms with Gasteiger partial charge in [-0.15, -0.1) is 11.3 Å². The third kappa shape index (κ3) is 5.80. The number of rotatable bonds is 8. The second-order valence-electron chi connectivity index (χ2n) is 6.56. The molecule has 0 saturated carbocycles. The van der Waals surface area contributed by atoms with Gasteiger partial charge in [0.15, 0.2) is 5.11 Å². The van der Waals surface area contributed by atoms with Crippen molar-refractivity contribution in [3.05, 3.63) is 80.7 Å². The van der Waals surface area contributed by atoms with Gasteiger partial charge in [-0.25, -0.2) is 4.79 Å². The molecule has 0 aliphatic rings. The molecule has 0 amide bonds. The quantitative estimate of drug-likeness (QED) is 0.199. The Morgan fingerprint density at radius 1 is 1.16 bits per heavy atom. The molecule has 0 aliphatic carbocycles. The highest BCUT2D eigenvalue weighted by molar-refractivity contribution is 7.80. The predicted molar refractivity (Wildman–Crippen MR) is 129 cm³/mol. The van der Waals surface area contributed by atoms with Crippen LogP contribution in [0.1, 0.15) is 27.7 Å². The Balaban J connectivity index is 1.81. The molecule has 2 aromatic carbocycles. The van der Waals surface area contributed by atoms with E-state index in [0.29, 0.717) is 29.3 Å². The lowest BCUT2D eigenvalue weighted by atomic mass is 10.1. The Hall–Kier alpha value is -3.50. The van der Waals surface area contributed by atoms with Gasteiger partial charge in [0.25, 0.3) is 5.69 Å². The normalized spacial score (nSPS) is 10.3. The first-order valence-electron chi connectivity index (χ1n) is 9.65. The van der Waals surface area contributed by atoms with Crippen LogP contribution in [0.25, 0.3) is 0 Å². The lowest BCUT2D eigenvalue weighted by Crippen LogP contribution is -2.20. The largest absolute Gasteiger partial charge is 0.494 e. The molecule has 2 N–H and O–H groups in total. The summed E-state index contributed by atoms with van der Waals surface area (Å²) in [4.78, 5) is 24.1. The number of thiophene rings is 1. The summed E-state index contributed by atoms with van der Waals surface area (Å²) in [6.45, 7) is 2.19. The molecule has 0 saturated heterocycles. The van der Waals surface area contributed by atoms with Gasteiger partial charge in [-0.05, 0) is 42.9 Å². The van der Waals surface area contributed by atoms with Crippen LogP contribution in [-0.4, -0.2) is 29.7 Å².